The van der Waals surface area contributed by atoms with Crippen LogP contribution in [0.1, 0.15) is 47.0 Å². The molecule has 6 heteroatoms. The van der Waals surface area contributed by atoms with Gasteiger partial charge in [0.25, 0.3) is 5.91 Å². The van der Waals surface area contributed by atoms with Crippen LogP contribution >= 0.6 is 0 Å². The molecule has 1 amide bonds. The van der Waals surface area contributed by atoms with E-state index < -0.39 is 0 Å². The number of pyridine rings is 1. The number of hydrogen-bond acceptors (Lipinski definition) is 3. The number of H-pyrrole nitrogens is 1. The van der Waals surface area contributed by atoms with E-state index in [2.05, 4.69) is 20.3 Å². The maximum absolute atomic E-state index is 13.1. The summed E-state index contributed by atoms with van der Waals surface area (Å²) in [5.74, 6) is 1.44. The lowest BCUT2D eigenvalue weighted by Crippen LogP contribution is -2.29. The standard InChI is InChI=1S/C24H25N5O/c1-4-20(23-26-15-21(27-23)18-10-6-5-7-11-18)28-24(30)19-14-16(2)29(17(19)3)22-12-8-9-13-25-22/h5-15,20H,4H2,1-3H3,(H,26,27)(H,28,30). The van der Waals surface area contributed by atoms with Gasteiger partial charge in [0.05, 0.1) is 23.5 Å². The molecule has 1 aromatic carbocycles. The van der Waals surface area contributed by atoms with E-state index in [1.165, 1.54) is 0 Å². The Bertz CT molecular complexity index is 1150. The number of amides is 1. The average Bonchev–Trinajstić information content (AvgIpc) is 3.38. The van der Waals surface area contributed by atoms with Crippen molar-refractivity contribution in [3.05, 3.63) is 89.8 Å². The summed E-state index contributed by atoms with van der Waals surface area (Å²) in [7, 11) is 0. The van der Waals surface area contributed by atoms with Crippen LogP contribution in [0.2, 0.25) is 0 Å². The summed E-state index contributed by atoms with van der Waals surface area (Å²) >= 11 is 0. The number of imidazole rings is 1. The first-order valence-corrected chi connectivity index (χ1v) is 10.1. The van der Waals surface area contributed by atoms with E-state index in [4.69, 9.17) is 0 Å². The van der Waals surface area contributed by atoms with Gasteiger partial charge in [0, 0.05) is 17.6 Å². The molecule has 0 bridgehead atoms. The van der Waals surface area contributed by atoms with E-state index in [1.807, 2.05) is 86.1 Å². The Balaban J connectivity index is 1.57. The van der Waals surface area contributed by atoms with Gasteiger partial charge in [-0.2, -0.15) is 0 Å². The minimum atomic E-state index is -0.201. The van der Waals surface area contributed by atoms with E-state index in [-0.39, 0.29) is 11.9 Å². The van der Waals surface area contributed by atoms with Crippen molar-refractivity contribution in [1.29, 1.82) is 0 Å². The van der Waals surface area contributed by atoms with Crippen LogP contribution in [-0.4, -0.2) is 25.4 Å². The third-order valence-electron chi connectivity index (χ3n) is 5.28. The second-order valence-corrected chi connectivity index (χ2v) is 7.29. The van der Waals surface area contributed by atoms with Crippen molar-refractivity contribution in [2.45, 2.75) is 33.2 Å². The zero-order valence-electron chi connectivity index (χ0n) is 17.4. The van der Waals surface area contributed by atoms with E-state index in [0.29, 0.717) is 5.56 Å². The molecule has 0 fully saturated rings. The van der Waals surface area contributed by atoms with Crippen molar-refractivity contribution >= 4 is 5.91 Å². The SMILES string of the molecule is CCC(NC(=O)c1cc(C)n(-c2ccccn2)c1C)c1ncc(-c2ccccc2)[nH]1. The van der Waals surface area contributed by atoms with E-state index in [0.717, 1.165) is 40.7 Å². The molecule has 3 heterocycles. The first-order chi connectivity index (χ1) is 14.6. The molecule has 2 N–H and O–H groups in total. The van der Waals surface area contributed by atoms with Crippen LogP contribution in [0.5, 0.6) is 0 Å². The Kier molecular flexibility index (Phi) is 5.48. The van der Waals surface area contributed by atoms with Crippen LogP contribution < -0.4 is 5.32 Å². The molecule has 0 aliphatic rings. The topological polar surface area (TPSA) is 75.6 Å². The van der Waals surface area contributed by atoms with Crippen molar-refractivity contribution in [2.75, 3.05) is 0 Å². The van der Waals surface area contributed by atoms with Gasteiger partial charge in [-0.25, -0.2) is 9.97 Å². The fraction of sp³-hybridized carbons (Fsp3) is 0.208. The molecule has 1 atom stereocenters. The number of hydrogen-bond donors (Lipinski definition) is 2. The smallest absolute Gasteiger partial charge is 0.253 e. The van der Waals surface area contributed by atoms with Gasteiger partial charge in [-0.05, 0) is 44.0 Å². The van der Waals surface area contributed by atoms with Gasteiger partial charge in [-0.3, -0.25) is 4.79 Å². The highest BCUT2D eigenvalue weighted by atomic mass is 16.1. The normalized spacial score (nSPS) is 12.0. The summed E-state index contributed by atoms with van der Waals surface area (Å²) in [5, 5.41) is 3.13. The van der Waals surface area contributed by atoms with Crippen molar-refractivity contribution < 1.29 is 4.79 Å². The second-order valence-electron chi connectivity index (χ2n) is 7.29. The molecule has 1 unspecified atom stereocenters. The molecule has 30 heavy (non-hydrogen) atoms. The highest BCUT2D eigenvalue weighted by molar-refractivity contribution is 5.96. The zero-order valence-corrected chi connectivity index (χ0v) is 17.4. The average molecular weight is 399 g/mol. The summed E-state index contributed by atoms with van der Waals surface area (Å²) in [4.78, 5) is 25.4. The number of aromatic nitrogens is 4. The molecule has 3 aromatic heterocycles. The molecular weight excluding hydrogens is 374 g/mol. The molecular formula is C24H25N5O. The Morgan fingerprint density at radius 2 is 1.87 bits per heavy atom. The van der Waals surface area contributed by atoms with Crippen molar-refractivity contribution in [2.24, 2.45) is 0 Å². The number of carbonyl (C=O) groups is 1. The van der Waals surface area contributed by atoms with Crippen molar-refractivity contribution in [1.82, 2.24) is 24.8 Å². The van der Waals surface area contributed by atoms with Crippen molar-refractivity contribution in [3.8, 4) is 17.1 Å². The number of rotatable bonds is 6. The second kappa shape index (κ2) is 8.37. The molecule has 0 spiro atoms. The number of nitrogens with one attached hydrogen (secondary N) is 2. The molecule has 0 saturated heterocycles. The van der Waals surface area contributed by atoms with Gasteiger partial charge >= 0.3 is 0 Å². The maximum atomic E-state index is 13.1. The fourth-order valence-electron chi connectivity index (χ4n) is 3.71. The highest BCUT2D eigenvalue weighted by Crippen LogP contribution is 2.23. The van der Waals surface area contributed by atoms with Crippen LogP contribution in [0.15, 0.2) is 67.0 Å². The number of aryl methyl sites for hydroxylation is 1. The quantitative estimate of drug-likeness (QED) is 0.491. The van der Waals surface area contributed by atoms with Gasteiger partial charge in [0.1, 0.15) is 11.6 Å². The Morgan fingerprint density at radius 1 is 1.10 bits per heavy atom. The van der Waals surface area contributed by atoms with Crippen LogP contribution in [0.3, 0.4) is 0 Å². The minimum absolute atomic E-state index is 0.116. The molecule has 152 valence electrons. The van der Waals surface area contributed by atoms with E-state index in [1.54, 1.807) is 6.20 Å². The van der Waals surface area contributed by atoms with Gasteiger partial charge in [0.15, 0.2) is 0 Å². The van der Waals surface area contributed by atoms with E-state index in [9.17, 15) is 4.79 Å². The zero-order chi connectivity index (χ0) is 21.1. The lowest BCUT2D eigenvalue weighted by molar-refractivity contribution is 0.0933. The number of carbonyl (C=O) groups excluding carboxylic acids is 1. The summed E-state index contributed by atoms with van der Waals surface area (Å²) in [6.45, 7) is 5.96. The number of aromatic amines is 1. The molecule has 0 aliphatic carbocycles. The lowest BCUT2D eigenvalue weighted by Gasteiger charge is -2.15. The summed E-state index contributed by atoms with van der Waals surface area (Å²) in [5.41, 5.74) is 4.48. The summed E-state index contributed by atoms with van der Waals surface area (Å²) < 4.78 is 2.00. The summed E-state index contributed by atoms with van der Waals surface area (Å²) in [6.07, 6.45) is 4.29. The molecule has 4 rings (SSSR count). The van der Waals surface area contributed by atoms with Gasteiger partial charge < -0.3 is 14.9 Å². The minimum Gasteiger partial charge on any atom is -0.342 e. The van der Waals surface area contributed by atoms with Crippen molar-refractivity contribution in [3.63, 3.8) is 0 Å². The Hall–Kier alpha value is -3.67. The summed E-state index contributed by atoms with van der Waals surface area (Å²) in [6, 6.07) is 17.5. The predicted molar refractivity (Wildman–Crippen MR) is 118 cm³/mol. The first-order valence-electron chi connectivity index (χ1n) is 10.1. The molecule has 0 radical (unpaired) electrons. The number of benzene rings is 1. The third kappa shape index (κ3) is 3.76. The van der Waals surface area contributed by atoms with Crippen LogP contribution in [0, 0.1) is 13.8 Å². The molecule has 0 aliphatic heterocycles. The monoisotopic (exact) mass is 399 g/mol. The van der Waals surface area contributed by atoms with Crippen LogP contribution in [-0.2, 0) is 0 Å². The maximum Gasteiger partial charge on any atom is 0.253 e. The largest absolute Gasteiger partial charge is 0.342 e. The van der Waals surface area contributed by atoms with Gasteiger partial charge in [-0.1, -0.05) is 43.3 Å². The van der Waals surface area contributed by atoms with E-state index >= 15 is 0 Å². The van der Waals surface area contributed by atoms with Gasteiger partial charge in [0.2, 0.25) is 0 Å². The Labute approximate surface area is 176 Å². The first kappa shape index (κ1) is 19.6. The number of nitrogens with zero attached hydrogens (tertiary/aromatic N) is 3. The fourth-order valence-corrected chi connectivity index (χ4v) is 3.71. The molecule has 0 saturated carbocycles. The molecule has 4 aromatic rings. The van der Waals surface area contributed by atoms with Crippen LogP contribution in [0.25, 0.3) is 17.1 Å². The van der Waals surface area contributed by atoms with Gasteiger partial charge in [-0.15, -0.1) is 0 Å². The predicted octanol–water partition coefficient (Wildman–Crippen LogP) is 4.76. The Morgan fingerprint density at radius 3 is 2.57 bits per heavy atom. The lowest BCUT2D eigenvalue weighted by atomic mass is 10.1. The highest BCUT2D eigenvalue weighted by Gasteiger charge is 2.21. The third-order valence-corrected chi connectivity index (χ3v) is 5.28. The molecule has 6 nitrogen and oxygen atoms in total. The van der Waals surface area contributed by atoms with Crippen LogP contribution in [0.4, 0.5) is 0 Å².